The van der Waals surface area contributed by atoms with Gasteiger partial charge in [0.05, 0.1) is 5.69 Å². The van der Waals surface area contributed by atoms with Gasteiger partial charge in [0.2, 0.25) is 0 Å². The molecule has 3 aromatic rings. The van der Waals surface area contributed by atoms with Crippen LogP contribution in [-0.2, 0) is 6.54 Å². The third-order valence-electron chi connectivity index (χ3n) is 4.63. The van der Waals surface area contributed by atoms with E-state index in [-0.39, 0.29) is 0 Å². The first-order valence-electron chi connectivity index (χ1n) is 8.04. The fraction of sp³-hybridized carbons (Fsp3) is 0.333. The standard InChI is InChI=1S/C18H20N4O/c1-14-5-2-3-6-15(14)13-21-9-11-22(12-10-21)17-8-4-7-16-18(17)20-23-19-16/h2-8H,9-13H2,1H3. The van der Waals surface area contributed by atoms with Gasteiger partial charge in [-0.15, -0.1) is 0 Å². The zero-order chi connectivity index (χ0) is 15.6. The first-order valence-corrected chi connectivity index (χ1v) is 8.04. The van der Waals surface area contributed by atoms with Gasteiger partial charge in [0.1, 0.15) is 5.52 Å². The lowest BCUT2D eigenvalue weighted by molar-refractivity contribution is 0.249. The molecule has 1 fully saturated rings. The molecule has 1 aromatic heterocycles. The minimum atomic E-state index is 0.824. The summed E-state index contributed by atoms with van der Waals surface area (Å²) in [6, 6.07) is 14.7. The van der Waals surface area contributed by atoms with Crippen molar-refractivity contribution in [3.63, 3.8) is 0 Å². The Morgan fingerprint density at radius 1 is 0.957 bits per heavy atom. The molecule has 0 aliphatic carbocycles. The van der Waals surface area contributed by atoms with Crippen molar-refractivity contribution in [2.24, 2.45) is 0 Å². The molecule has 2 heterocycles. The lowest BCUT2D eigenvalue weighted by Gasteiger charge is -2.36. The largest absolute Gasteiger partial charge is 0.367 e. The Balaban J connectivity index is 1.45. The predicted octanol–water partition coefficient (Wildman–Crippen LogP) is 2.85. The summed E-state index contributed by atoms with van der Waals surface area (Å²) in [7, 11) is 0. The highest BCUT2D eigenvalue weighted by Gasteiger charge is 2.20. The molecule has 0 N–H and O–H groups in total. The molecule has 5 nitrogen and oxygen atoms in total. The molecular formula is C18H20N4O. The van der Waals surface area contributed by atoms with Crippen molar-refractivity contribution >= 4 is 16.7 Å². The monoisotopic (exact) mass is 308 g/mol. The molecule has 118 valence electrons. The average Bonchev–Trinajstić information content (AvgIpc) is 3.06. The van der Waals surface area contributed by atoms with E-state index < -0.39 is 0 Å². The minimum absolute atomic E-state index is 0.824. The van der Waals surface area contributed by atoms with Gasteiger partial charge < -0.3 is 4.90 Å². The van der Waals surface area contributed by atoms with E-state index >= 15 is 0 Å². The smallest absolute Gasteiger partial charge is 0.158 e. The van der Waals surface area contributed by atoms with E-state index in [0.29, 0.717) is 0 Å². The van der Waals surface area contributed by atoms with Crippen LogP contribution in [0, 0.1) is 6.92 Å². The number of hydrogen-bond donors (Lipinski definition) is 0. The van der Waals surface area contributed by atoms with Crippen molar-refractivity contribution in [1.29, 1.82) is 0 Å². The third-order valence-corrected chi connectivity index (χ3v) is 4.63. The highest BCUT2D eigenvalue weighted by atomic mass is 16.6. The molecule has 0 unspecified atom stereocenters. The van der Waals surface area contributed by atoms with Crippen molar-refractivity contribution in [3.8, 4) is 0 Å². The summed E-state index contributed by atoms with van der Waals surface area (Å²) in [5.74, 6) is 0. The minimum Gasteiger partial charge on any atom is -0.367 e. The van der Waals surface area contributed by atoms with Crippen LogP contribution in [0.4, 0.5) is 5.69 Å². The molecule has 0 radical (unpaired) electrons. The van der Waals surface area contributed by atoms with E-state index in [0.717, 1.165) is 49.4 Å². The van der Waals surface area contributed by atoms with Crippen molar-refractivity contribution in [3.05, 3.63) is 53.6 Å². The van der Waals surface area contributed by atoms with Crippen molar-refractivity contribution in [1.82, 2.24) is 15.2 Å². The van der Waals surface area contributed by atoms with Crippen LogP contribution in [0.3, 0.4) is 0 Å². The Labute approximate surface area is 135 Å². The second-order valence-electron chi connectivity index (χ2n) is 6.10. The summed E-state index contributed by atoms with van der Waals surface area (Å²) < 4.78 is 4.87. The zero-order valence-corrected chi connectivity index (χ0v) is 13.3. The molecule has 0 atom stereocenters. The third kappa shape index (κ3) is 2.80. The topological polar surface area (TPSA) is 45.4 Å². The lowest BCUT2D eigenvalue weighted by atomic mass is 10.1. The van der Waals surface area contributed by atoms with E-state index in [9.17, 15) is 0 Å². The SMILES string of the molecule is Cc1ccccc1CN1CCN(c2cccc3nonc23)CC1. The van der Waals surface area contributed by atoms with Crippen LogP contribution in [0.25, 0.3) is 11.0 Å². The Morgan fingerprint density at radius 2 is 1.78 bits per heavy atom. The number of nitrogens with zero attached hydrogens (tertiary/aromatic N) is 4. The van der Waals surface area contributed by atoms with Gasteiger partial charge in [0, 0.05) is 32.7 Å². The van der Waals surface area contributed by atoms with Gasteiger partial charge in [0.25, 0.3) is 0 Å². The van der Waals surface area contributed by atoms with E-state index in [2.05, 4.69) is 57.4 Å². The summed E-state index contributed by atoms with van der Waals surface area (Å²) >= 11 is 0. The molecule has 2 aromatic carbocycles. The van der Waals surface area contributed by atoms with E-state index in [1.165, 1.54) is 11.1 Å². The average molecular weight is 308 g/mol. The number of rotatable bonds is 3. The molecule has 23 heavy (non-hydrogen) atoms. The van der Waals surface area contributed by atoms with Crippen molar-refractivity contribution in [2.75, 3.05) is 31.1 Å². The lowest BCUT2D eigenvalue weighted by Crippen LogP contribution is -2.46. The quantitative estimate of drug-likeness (QED) is 0.744. The van der Waals surface area contributed by atoms with Gasteiger partial charge >= 0.3 is 0 Å². The molecule has 5 heteroatoms. The maximum atomic E-state index is 4.87. The van der Waals surface area contributed by atoms with Crippen LogP contribution in [0.5, 0.6) is 0 Å². The Hall–Kier alpha value is -2.40. The van der Waals surface area contributed by atoms with Gasteiger partial charge in [-0.25, -0.2) is 4.63 Å². The zero-order valence-electron chi connectivity index (χ0n) is 13.3. The fourth-order valence-corrected chi connectivity index (χ4v) is 3.22. The Kier molecular flexibility index (Phi) is 3.71. The number of aromatic nitrogens is 2. The number of hydrogen-bond acceptors (Lipinski definition) is 5. The molecule has 0 amide bonds. The number of fused-ring (bicyclic) bond motifs is 1. The predicted molar refractivity (Wildman–Crippen MR) is 90.5 cm³/mol. The molecule has 0 bridgehead atoms. The van der Waals surface area contributed by atoms with Crippen molar-refractivity contribution < 1.29 is 4.63 Å². The highest BCUT2D eigenvalue weighted by Crippen LogP contribution is 2.25. The summed E-state index contributed by atoms with van der Waals surface area (Å²) in [6.45, 7) is 7.31. The maximum absolute atomic E-state index is 4.87. The summed E-state index contributed by atoms with van der Waals surface area (Å²) in [5, 5.41) is 7.98. The van der Waals surface area contributed by atoms with Gasteiger partial charge in [0.15, 0.2) is 5.52 Å². The van der Waals surface area contributed by atoms with E-state index in [1.807, 2.05) is 12.1 Å². The number of benzene rings is 2. The van der Waals surface area contributed by atoms with Crippen LogP contribution >= 0.6 is 0 Å². The maximum Gasteiger partial charge on any atom is 0.158 e. The number of aryl methyl sites for hydroxylation is 1. The van der Waals surface area contributed by atoms with E-state index in [4.69, 9.17) is 4.63 Å². The van der Waals surface area contributed by atoms with Gasteiger partial charge in [-0.05, 0) is 40.5 Å². The van der Waals surface area contributed by atoms with Gasteiger partial charge in [-0.1, -0.05) is 30.3 Å². The Bertz CT molecular complexity index is 805. The Morgan fingerprint density at radius 3 is 2.61 bits per heavy atom. The summed E-state index contributed by atoms with van der Waals surface area (Å²) in [5.41, 5.74) is 5.60. The molecule has 0 spiro atoms. The summed E-state index contributed by atoms with van der Waals surface area (Å²) in [6.07, 6.45) is 0. The number of piperazine rings is 1. The normalized spacial score (nSPS) is 16.1. The molecule has 1 aliphatic heterocycles. The first kappa shape index (κ1) is 14.2. The van der Waals surface area contributed by atoms with Crippen LogP contribution < -0.4 is 4.90 Å². The molecule has 1 aliphatic rings. The fourth-order valence-electron chi connectivity index (χ4n) is 3.22. The van der Waals surface area contributed by atoms with Crippen LogP contribution in [0.1, 0.15) is 11.1 Å². The van der Waals surface area contributed by atoms with Crippen LogP contribution in [0.2, 0.25) is 0 Å². The molecular weight excluding hydrogens is 288 g/mol. The molecule has 1 saturated heterocycles. The first-order chi connectivity index (χ1) is 11.3. The van der Waals surface area contributed by atoms with Crippen molar-refractivity contribution in [2.45, 2.75) is 13.5 Å². The van der Waals surface area contributed by atoms with E-state index in [1.54, 1.807) is 0 Å². The van der Waals surface area contributed by atoms with Gasteiger partial charge in [-0.2, -0.15) is 0 Å². The second-order valence-corrected chi connectivity index (χ2v) is 6.10. The second kappa shape index (κ2) is 6.01. The van der Waals surface area contributed by atoms with Gasteiger partial charge in [-0.3, -0.25) is 4.90 Å². The molecule has 4 rings (SSSR count). The molecule has 0 saturated carbocycles. The van der Waals surface area contributed by atoms with Crippen LogP contribution in [0.15, 0.2) is 47.1 Å². The number of anilines is 1. The highest BCUT2D eigenvalue weighted by molar-refractivity contribution is 5.87. The summed E-state index contributed by atoms with van der Waals surface area (Å²) in [4.78, 5) is 4.89. The van der Waals surface area contributed by atoms with Crippen LogP contribution in [-0.4, -0.2) is 41.4 Å².